The molecule has 1 N–H and O–H groups in total. The first-order valence-electron chi connectivity index (χ1n) is 5.93. The van der Waals surface area contributed by atoms with Crippen LogP contribution in [0.3, 0.4) is 0 Å². The minimum atomic E-state index is -0.305. The van der Waals surface area contributed by atoms with Gasteiger partial charge in [0.2, 0.25) is 5.91 Å². The van der Waals surface area contributed by atoms with Crippen LogP contribution in [0.5, 0.6) is 0 Å². The summed E-state index contributed by atoms with van der Waals surface area (Å²) >= 11 is 0. The van der Waals surface area contributed by atoms with E-state index in [1.807, 2.05) is 11.9 Å². The molecule has 1 aliphatic carbocycles. The van der Waals surface area contributed by atoms with E-state index in [9.17, 15) is 9.18 Å². The van der Waals surface area contributed by atoms with Gasteiger partial charge in [-0.05, 0) is 25.0 Å². The summed E-state index contributed by atoms with van der Waals surface area (Å²) in [6.07, 6.45) is 2.89. The Morgan fingerprint density at radius 3 is 2.82 bits per heavy atom. The van der Waals surface area contributed by atoms with Crippen LogP contribution in [0.15, 0.2) is 18.2 Å². The minimum Gasteiger partial charge on any atom is -0.369 e. The van der Waals surface area contributed by atoms with Crippen molar-refractivity contribution in [2.24, 2.45) is 5.41 Å². The standard InChI is InChI=1S/C13H15FN2O/c1-16-8-13(6-3-7-13)12(17)15-10-5-2-4-9(14)11(10)16/h2,4-5H,3,6-8H2,1H3,(H,15,17). The molecule has 0 saturated heterocycles. The van der Waals surface area contributed by atoms with Crippen molar-refractivity contribution < 1.29 is 9.18 Å². The number of para-hydroxylation sites is 1. The maximum Gasteiger partial charge on any atom is 0.232 e. The molecule has 1 heterocycles. The highest BCUT2D eigenvalue weighted by Gasteiger charge is 2.47. The highest BCUT2D eigenvalue weighted by Crippen LogP contribution is 2.46. The first kappa shape index (κ1) is 10.6. The molecule has 0 bridgehead atoms. The Balaban J connectivity index is 2.07. The number of carbonyl (C=O) groups excluding carboxylic acids is 1. The second-order valence-corrected chi connectivity index (χ2v) is 5.08. The first-order valence-corrected chi connectivity index (χ1v) is 5.93. The summed E-state index contributed by atoms with van der Waals surface area (Å²) in [6, 6.07) is 4.81. The third-order valence-electron chi connectivity index (χ3n) is 3.95. The number of anilines is 2. The monoisotopic (exact) mass is 234 g/mol. The number of fused-ring (bicyclic) bond motifs is 1. The molecular formula is C13H15FN2O. The summed E-state index contributed by atoms with van der Waals surface area (Å²) in [5.74, 6) is -0.235. The molecule has 1 fully saturated rings. The molecule has 4 heteroatoms. The van der Waals surface area contributed by atoms with Gasteiger partial charge in [0.05, 0.1) is 16.8 Å². The Morgan fingerprint density at radius 2 is 2.18 bits per heavy atom. The molecule has 2 aliphatic rings. The van der Waals surface area contributed by atoms with E-state index in [2.05, 4.69) is 5.32 Å². The van der Waals surface area contributed by atoms with Crippen LogP contribution >= 0.6 is 0 Å². The van der Waals surface area contributed by atoms with E-state index in [1.54, 1.807) is 12.1 Å². The number of nitrogens with zero attached hydrogens (tertiary/aromatic N) is 1. The maximum atomic E-state index is 13.8. The zero-order valence-electron chi connectivity index (χ0n) is 9.79. The molecule has 0 unspecified atom stereocenters. The highest BCUT2D eigenvalue weighted by atomic mass is 19.1. The SMILES string of the molecule is CN1CC2(CCC2)C(=O)Nc2cccc(F)c21. The molecular weight excluding hydrogens is 219 g/mol. The molecule has 0 atom stereocenters. The molecule has 0 radical (unpaired) electrons. The van der Waals surface area contributed by atoms with Gasteiger partial charge in [0.15, 0.2) is 0 Å². The van der Waals surface area contributed by atoms with E-state index >= 15 is 0 Å². The Morgan fingerprint density at radius 1 is 1.41 bits per heavy atom. The number of halogens is 1. The van der Waals surface area contributed by atoms with E-state index in [0.717, 1.165) is 19.3 Å². The third-order valence-corrected chi connectivity index (χ3v) is 3.95. The average molecular weight is 234 g/mol. The van der Waals surface area contributed by atoms with Gasteiger partial charge < -0.3 is 10.2 Å². The van der Waals surface area contributed by atoms with Gasteiger partial charge in [-0.25, -0.2) is 4.39 Å². The lowest BCUT2D eigenvalue weighted by Gasteiger charge is -2.40. The second-order valence-electron chi connectivity index (χ2n) is 5.08. The Labute approximate surface area is 99.6 Å². The summed E-state index contributed by atoms with van der Waals surface area (Å²) < 4.78 is 13.8. The predicted molar refractivity (Wildman–Crippen MR) is 64.6 cm³/mol. The molecule has 1 aromatic rings. The van der Waals surface area contributed by atoms with Crippen molar-refractivity contribution in [3.8, 4) is 0 Å². The molecule has 1 aliphatic heterocycles. The zero-order valence-corrected chi connectivity index (χ0v) is 9.79. The van der Waals surface area contributed by atoms with Crippen LogP contribution in [0.4, 0.5) is 15.8 Å². The van der Waals surface area contributed by atoms with Crippen LogP contribution < -0.4 is 10.2 Å². The first-order chi connectivity index (χ1) is 8.12. The molecule has 3 nitrogen and oxygen atoms in total. The fraction of sp³-hybridized carbons (Fsp3) is 0.462. The van der Waals surface area contributed by atoms with Gasteiger partial charge in [-0.1, -0.05) is 12.5 Å². The Bertz CT molecular complexity index is 482. The van der Waals surface area contributed by atoms with E-state index in [4.69, 9.17) is 0 Å². The lowest BCUT2D eigenvalue weighted by atomic mass is 9.68. The molecule has 17 heavy (non-hydrogen) atoms. The normalized spacial score (nSPS) is 21.5. The van der Waals surface area contributed by atoms with Crippen LogP contribution in [-0.4, -0.2) is 19.5 Å². The van der Waals surface area contributed by atoms with Gasteiger partial charge in [0.1, 0.15) is 5.82 Å². The summed E-state index contributed by atoms with van der Waals surface area (Å²) in [5, 5.41) is 2.87. The van der Waals surface area contributed by atoms with Crippen molar-refractivity contribution in [2.75, 3.05) is 23.8 Å². The second kappa shape index (κ2) is 3.45. The summed E-state index contributed by atoms with van der Waals surface area (Å²) in [7, 11) is 1.85. The molecule has 1 saturated carbocycles. The van der Waals surface area contributed by atoms with Gasteiger partial charge in [0.25, 0.3) is 0 Å². The minimum absolute atomic E-state index is 0.0416. The van der Waals surface area contributed by atoms with Gasteiger partial charge >= 0.3 is 0 Å². The fourth-order valence-electron chi connectivity index (χ4n) is 2.85. The number of nitrogens with one attached hydrogen (secondary N) is 1. The quantitative estimate of drug-likeness (QED) is 0.747. The third kappa shape index (κ3) is 1.43. The topological polar surface area (TPSA) is 32.3 Å². The summed E-state index contributed by atoms with van der Waals surface area (Å²) in [6.45, 7) is 0.604. The van der Waals surface area contributed by atoms with Gasteiger partial charge in [-0.2, -0.15) is 0 Å². The number of rotatable bonds is 0. The van der Waals surface area contributed by atoms with Gasteiger partial charge in [-0.15, -0.1) is 0 Å². The van der Waals surface area contributed by atoms with Crippen LogP contribution in [0.1, 0.15) is 19.3 Å². The van der Waals surface area contributed by atoms with E-state index < -0.39 is 0 Å². The molecule has 90 valence electrons. The number of hydrogen-bond donors (Lipinski definition) is 1. The Hall–Kier alpha value is -1.58. The Kier molecular flexibility index (Phi) is 2.15. The molecule has 1 aromatic carbocycles. The molecule has 1 amide bonds. The van der Waals surface area contributed by atoms with Crippen LogP contribution in [0, 0.1) is 11.2 Å². The lowest BCUT2D eigenvalue weighted by Crippen LogP contribution is -2.47. The van der Waals surface area contributed by atoms with E-state index in [1.165, 1.54) is 6.07 Å². The van der Waals surface area contributed by atoms with Crippen molar-refractivity contribution in [2.45, 2.75) is 19.3 Å². The van der Waals surface area contributed by atoms with Crippen molar-refractivity contribution >= 4 is 17.3 Å². The smallest absolute Gasteiger partial charge is 0.232 e. The predicted octanol–water partition coefficient (Wildman–Crippen LogP) is 2.38. The lowest BCUT2D eigenvalue weighted by molar-refractivity contribution is -0.129. The van der Waals surface area contributed by atoms with Gasteiger partial charge in [0, 0.05) is 13.6 Å². The fourth-order valence-corrected chi connectivity index (χ4v) is 2.85. The molecule has 3 rings (SSSR count). The summed E-state index contributed by atoms with van der Waals surface area (Å²) in [5.41, 5.74) is 0.783. The van der Waals surface area contributed by atoms with E-state index in [-0.39, 0.29) is 17.1 Å². The number of carbonyl (C=O) groups is 1. The molecule has 1 spiro atoms. The number of hydrogen-bond acceptors (Lipinski definition) is 2. The van der Waals surface area contributed by atoms with Crippen LogP contribution in [0.2, 0.25) is 0 Å². The van der Waals surface area contributed by atoms with Crippen LogP contribution in [-0.2, 0) is 4.79 Å². The van der Waals surface area contributed by atoms with Gasteiger partial charge in [-0.3, -0.25) is 4.79 Å². The average Bonchev–Trinajstić information content (AvgIpc) is 2.33. The molecule has 0 aromatic heterocycles. The van der Waals surface area contributed by atoms with Crippen molar-refractivity contribution in [3.63, 3.8) is 0 Å². The highest BCUT2D eigenvalue weighted by molar-refractivity contribution is 6.00. The van der Waals surface area contributed by atoms with Crippen LogP contribution in [0.25, 0.3) is 0 Å². The maximum absolute atomic E-state index is 13.8. The number of amides is 1. The number of benzene rings is 1. The summed E-state index contributed by atoms with van der Waals surface area (Å²) in [4.78, 5) is 14.0. The van der Waals surface area contributed by atoms with Crippen molar-refractivity contribution in [1.82, 2.24) is 0 Å². The van der Waals surface area contributed by atoms with E-state index in [0.29, 0.717) is 17.9 Å². The zero-order chi connectivity index (χ0) is 12.0. The van der Waals surface area contributed by atoms with Crippen molar-refractivity contribution in [1.29, 1.82) is 0 Å². The largest absolute Gasteiger partial charge is 0.369 e. The van der Waals surface area contributed by atoms with Crippen molar-refractivity contribution in [3.05, 3.63) is 24.0 Å².